The first kappa shape index (κ1) is 9.24. The quantitative estimate of drug-likeness (QED) is 0.739. The molecule has 0 aliphatic carbocycles. The van der Waals surface area contributed by atoms with Crippen LogP contribution in [0.5, 0.6) is 0 Å². The molecule has 3 rings (SSSR count). The maximum atomic E-state index is 5.12. The van der Waals surface area contributed by atoms with Gasteiger partial charge in [-0.25, -0.2) is 10.5 Å². The molecule has 0 spiro atoms. The smallest absolute Gasteiger partial charge is 0.0533 e. The predicted molar refractivity (Wildman–Crippen MR) is 57.1 cm³/mol. The van der Waals surface area contributed by atoms with E-state index in [2.05, 4.69) is 16.5 Å². The Bertz CT molecular complexity index is 290. The van der Waals surface area contributed by atoms with Crippen LogP contribution in [0.1, 0.15) is 25.7 Å². The molecule has 82 valence electrons. The first-order valence-corrected chi connectivity index (χ1v) is 5.71. The molecule has 0 aromatic heterocycles. The van der Waals surface area contributed by atoms with Crippen LogP contribution in [0.4, 0.5) is 0 Å². The third-order valence-electron chi connectivity index (χ3n) is 3.68. The van der Waals surface area contributed by atoms with Crippen LogP contribution in [0.25, 0.3) is 0 Å². The van der Waals surface area contributed by atoms with Crippen LogP contribution in [-0.2, 0) is 4.94 Å². The highest BCUT2D eigenvalue weighted by Gasteiger charge is 2.42. The van der Waals surface area contributed by atoms with Gasteiger partial charge in [0, 0.05) is 17.9 Å². The third kappa shape index (κ3) is 1.54. The third-order valence-corrected chi connectivity index (χ3v) is 3.68. The standard InChI is InChI=1S/C11H17N3O/c1-3-11(4-2-8-13(11)7-1)5-9-14-10-6-12-15-14/h5-6,9-10,12H,1-4,7-8H2/b9-5-. The molecule has 4 nitrogen and oxygen atoms in total. The van der Waals surface area contributed by atoms with Crippen molar-refractivity contribution in [3.63, 3.8) is 0 Å². The van der Waals surface area contributed by atoms with Crippen LogP contribution in [0, 0.1) is 0 Å². The van der Waals surface area contributed by atoms with Crippen molar-refractivity contribution in [2.24, 2.45) is 0 Å². The lowest BCUT2D eigenvalue weighted by Crippen LogP contribution is -2.36. The molecule has 0 unspecified atom stereocenters. The maximum Gasteiger partial charge on any atom is 0.0533 e. The molecule has 0 bridgehead atoms. The van der Waals surface area contributed by atoms with Crippen molar-refractivity contribution < 1.29 is 4.94 Å². The minimum Gasteiger partial charge on any atom is -0.294 e. The van der Waals surface area contributed by atoms with E-state index < -0.39 is 0 Å². The van der Waals surface area contributed by atoms with Crippen LogP contribution in [0.2, 0.25) is 0 Å². The van der Waals surface area contributed by atoms with Crippen LogP contribution < -0.4 is 5.48 Å². The minimum absolute atomic E-state index is 0.333. The fraction of sp³-hybridized carbons (Fsp3) is 0.636. The summed E-state index contributed by atoms with van der Waals surface area (Å²) in [5.74, 6) is 0. The summed E-state index contributed by atoms with van der Waals surface area (Å²) in [6.07, 6.45) is 13.3. The zero-order valence-electron chi connectivity index (χ0n) is 8.85. The van der Waals surface area contributed by atoms with Crippen molar-refractivity contribution in [2.75, 3.05) is 13.1 Å². The van der Waals surface area contributed by atoms with E-state index in [1.165, 1.54) is 38.8 Å². The van der Waals surface area contributed by atoms with Gasteiger partial charge in [0.15, 0.2) is 0 Å². The van der Waals surface area contributed by atoms with Gasteiger partial charge in [-0.05, 0) is 44.8 Å². The van der Waals surface area contributed by atoms with Crippen molar-refractivity contribution in [3.8, 4) is 0 Å². The lowest BCUT2D eigenvalue weighted by molar-refractivity contribution is -0.107. The van der Waals surface area contributed by atoms with E-state index in [0.29, 0.717) is 5.54 Å². The summed E-state index contributed by atoms with van der Waals surface area (Å²) in [7, 11) is 0. The molecular formula is C11H17N3O. The minimum atomic E-state index is 0.333. The summed E-state index contributed by atoms with van der Waals surface area (Å²) in [6, 6.07) is 0. The molecule has 4 heteroatoms. The summed E-state index contributed by atoms with van der Waals surface area (Å²) < 4.78 is 0. The Hall–Kier alpha value is -1.00. The molecule has 2 fully saturated rings. The largest absolute Gasteiger partial charge is 0.294 e. The van der Waals surface area contributed by atoms with Crippen molar-refractivity contribution in [2.45, 2.75) is 31.2 Å². The monoisotopic (exact) mass is 207 g/mol. The Morgan fingerprint density at radius 3 is 2.73 bits per heavy atom. The van der Waals surface area contributed by atoms with E-state index in [0.717, 1.165) is 0 Å². The van der Waals surface area contributed by atoms with Gasteiger partial charge >= 0.3 is 0 Å². The number of hydroxylamine groups is 3. The van der Waals surface area contributed by atoms with Gasteiger partial charge in [0.25, 0.3) is 0 Å². The normalized spacial score (nSPS) is 28.9. The van der Waals surface area contributed by atoms with Gasteiger partial charge in [0.1, 0.15) is 0 Å². The molecule has 2 saturated heterocycles. The Labute approximate surface area is 90.1 Å². The maximum absolute atomic E-state index is 5.12. The highest BCUT2D eigenvalue weighted by atomic mass is 16.8. The van der Waals surface area contributed by atoms with Crippen molar-refractivity contribution >= 4 is 0 Å². The summed E-state index contributed by atoms with van der Waals surface area (Å²) in [6.45, 7) is 2.53. The second-order valence-corrected chi connectivity index (χ2v) is 4.50. The van der Waals surface area contributed by atoms with E-state index in [1.807, 2.05) is 12.4 Å². The van der Waals surface area contributed by atoms with Crippen molar-refractivity contribution in [1.82, 2.24) is 15.4 Å². The zero-order chi connectivity index (χ0) is 10.1. The Morgan fingerprint density at radius 1 is 1.27 bits per heavy atom. The summed E-state index contributed by atoms with van der Waals surface area (Å²) in [5, 5.41) is 1.71. The first-order chi connectivity index (χ1) is 7.39. The lowest BCUT2D eigenvalue weighted by Gasteiger charge is -2.28. The van der Waals surface area contributed by atoms with E-state index in [4.69, 9.17) is 4.94 Å². The summed E-state index contributed by atoms with van der Waals surface area (Å²) in [5.41, 5.74) is 3.02. The van der Waals surface area contributed by atoms with Crippen LogP contribution in [0.15, 0.2) is 24.7 Å². The molecule has 0 aromatic carbocycles. The summed E-state index contributed by atoms with van der Waals surface area (Å²) in [4.78, 5) is 7.73. The topological polar surface area (TPSA) is 27.7 Å². The zero-order valence-corrected chi connectivity index (χ0v) is 8.85. The first-order valence-electron chi connectivity index (χ1n) is 5.71. The molecule has 15 heavy (non-hydrogen) atoms. The van der Waals surface area contributed by atoms with Crippen LogP contribution in [-0.4, -0.2) is 28.6 Å². The van der Waals surface area contributed by atoms with Gasteiger partial charge < -0.3 is 0 Å². The highest BCUT2D eigenvalue weighted by Crippen LogP contribution is 2.39. The van der Waals surface area contributed by atoms with E-state index in [-0.39, 0.29) is 0 Å². The molecule has 3 aliphatic rings. The highest BCUT2D eigenvalue weighted by molar-refractivity contribution is 5.13. The second kappa shape index (κ2) is 3.54. The molecule has 0 radical (unpaired) electrons. The van der Waals surface area contributed by atoms with Crippen molar-refractivity contribution in [1.29, 1.82) is 0 Å². The number of fused-ring (bicyclic) bond motifs is 1. The van der Waals surface area contributed by atoms with Gasteiger partial charge in [-0.15, -0.1) is 0 Å². The molecule has 0 atom stereocenters. The molecule has 0 amide bonds. The van der Waals surface area contributed by atoms with Gasteiger partial charge in [-0.2, -0.15) is 4.94 Å². The Kier molecular flexibility index (Phi) is 2.18. The number of nitrogens with zero attached hydrogens (tertiary/aromatic N) is 2. The molecule has 3 heterocycles. The fourth-order valence-corrected chi connectivity index (χ4v) is 2.94. The fourth-order valence-electron chi connectivity index (χ4n) is 2.94. The van der Waals surface area contributed by atoms with Crippen LogP contribution >= 0.6 is 0 Å². The second-order valence-electron chi connectivity index (χ2n) is 4.50. The molecular weight excluding hydrogens is 190 g/mol. The number of rotatable bonds is 2. The number of hydrogen-bond donors (Lipinski definition) is 1. The average molecular weight is 207 g/mol. The molecule has 1 N–H and O–H groups in total. The molecule has 0 saturated carbocycles. The van der Waals surface area contributed by atoms with Gasteiger partial charge in [-0.1, -0.05) is 0 Å². The van der Waals surface area contributed by atoms with Crippen molar-refractivity contribution in [3.05, 3.63) is 24.7 Å². The Morgan fingerprint density at radius 2 is 2.07 bits per heavy atom. The molecule has 0 aromatic rings. The van der Waals surface area contributed by atoms with E-state index in [1.54, 1.807) is 11.3 Å². The predicted octanol–water partition coefficient (Wildman–Crippen LogP) is 1.35. The van der Waals surface area contributed by atoms with E-state index >= 15 is 0 Å². The van der Waals surface area contributed by atoms with Gasteiger partial charge in [0.2, 0.25) is 0 Å². The van der Waals surface area contributed by atoms with Crippen LogP contribution in [0.3, 0.4) is 0 Å². The number of hydrogen-bond acceptors (Lipinski definition) is 4. The Balaban J connectivity index is 1.72. The lowest BCUT2D eigenvalue weighted by atomic mass is 9.94. The van der Waals surface area contributed by atoms with Gasteiger partial charge in [-0.3, -0.25) is 4.90 Å². The average Bonchev–Trinajstić information content (AvgIpc) is 2.91. The van der Waals surface area contributed by atoms with E-state index in [9.17, 15) is 0 Å². The summed E-state index contributed by atoms with van der Waals surface area (Å²) >= 11 is 0. The molecule has 3 aliphatic heterocycles. The van der Waals surface area contributed by atoms with Gasteiger partial charge in [0.05, 0.1) is 6.20 Å². The SMILES string of the molecule is C1=CN(/C=C\C23CCCN2CCC3)ON1. The number of nitrogens with one attached hydrogen (secondary N) is 1.